The molecule has 1 aromatic carbocycles. The zero-order chi connectivity index (χ0) is 11.9. The number of hydrogen-bond donors (Lipinski definition) is 0. The summed E-state index contributed by atoms with van der Waals surface area (Å²) in [4.78, 5) is 0. The number of halogens is 1. The van der Waals surface area contributed by atoms with E-state index in [2.05, 4.69) is 11.8 Å². The second kappa shape index (κ2) is 6.51. The average molecular weight is 253 g/mol. The molecule has 0 atom stereocenters. The van der Waals surface area contributed by atoms with Gasteiger partial charge in [-0.2, -0.15) is 0 Å². The monoisotopic (exact) mass is 252 g/mol. The number of alkyl halides is 1. The van der Waals surface area contributed by atoms with Gasteiger partial charge in [-0.15, -0.1) is 11.6 Å². The number of rotatable bonds is 3. The van der Waals surface area contributed by atoms with Crippen LogP contribution in [0, 0.1) is 11.8 Å². The molecule has 1 aliphatic rings. The molecule has 4 heteroatoms. The molecular formula is C13H13ClO3. The lowest BCUT2D eigenvalue weighted by Crippen LogP contribution is -2.03. The van der Waals surface area contributed by atoms with Crippen molar-refractivity contribution in [2.45, 2.75) is 6.29 Å². The quantitative estimate of drug-likeness (QED) is 0.611. The van der Waals surface area contributed by atoms with E-state index >= 15 is 0 Å². The van der Waals surface area contributed by atoms with E-state index < -0.39 is 0 Å². The van der Waals surface area contributed by atoms with E-state index in [9.17, 15) is 0 Å². The summed E-state index contributed by atoms with van der Waals surface area (Å²) in [6.45, 7) is 1.55. The maximum absolute atomic E-state index is 5.56. The highest BCUT2D eigenvalue weighted by Gasteiger charge is 2.21. The summed E-state index contributed by atoms with van der Waals surface area (Å²) in [7, 11) is 0. The highest BCUT2D eigenvalue weighted by atomic mass is 35.5. The van der Waals surface area contributed by atoms with Crippen LogP contribution in [0.15, 0.2) is 24.3 Å². The average Bonchev–Trinajstić information content (AvgIpc) is 2.89. The predicted octanol–water partition coefficient (Wildman–Crippen LogP) is 2.35. The van der Waals surface area contributed by atoms with E-state index in [1.165, 1.54) is 0 Å². The molecule has 3 nitrogen and oxygen atoms in total. The zero-order valence-corrected chi connectivity index (χ0v) is 10.1. The summed E-state index contributed by atoms with van der Waals surface area (Å²) in [5.74, 6) is 6.61. The Morgan fingerprint density at radius 2 is 2.00 bits per heavy atom. The summed E-state index contributed by atoms with van der Waals surface area (Å²) in [5, 5.41) is 0. The number of para-hydroxylation sites is 1. The molecule has 0 N–H and O–H groups in total. The van der Waals surface area contributed by atoms with Gasteiger partial charge in [0.15, 0.2) is 6.29 Å². The highest BCUT2D eigenvalue weighted by Crippen LogP contribution is 2.30. The Morgan fingerprint density at radius 3 is 2.76 bits per heavy atom. The van der Waals surface area contributed by atoms with Gasteiger partial charge in [-0.3, -0.25) is 0 Å². The van der Waals surface area contributed by atoms with Gasteiger partial charge in [0, 0.05) is 5.56 Å². The lowest BCUT2D eigenvalue weighted by molar-refractivity contribution is -0.0456. The predicted molar refractivity (Wildman–Crippen MR) is 65.1 cm³/mol. The maximum Gasteiger partial charge on any atom is 0.187 e. The van der Waals surface area contributed by atoms with Gasteiger partial charge in [-0.25, -0.2) is 0 Å². The van der Waals surface area contributed by atoms with E-state index in [0.717, 1.165) is 11.3 Å². The van der Waals surface area contributed by atoms with E-state index in [1.807, 2.05) is 24.3 Å². The fourth-order valence-corrected chi connectivity index (χ4v) is 1.65. The molecule has 1 fully saturated rings. The maximum atomic E-state index is 5.56. The number of benzene rings is 1. The molecule has 1 aromatic rings. The molecule has 1 saturated heterocycles. The van der Waals surface area contributed by atoms with Crippen LogP contribution in [-0.4, -0.2) is 25.7 Å². The van der Waals surface area contributed by atoms with Crippen molar-refractivity contribution in [1.82, 2.24) is 0 Å². The Labute approximate surface area is 106 Å². The van der Waals surface area contributed by atoms with Crippen molar-refractivity contribution in [3.63, 3.8) is 0 Å². The third-order valence-electron chi connectivity index (χ3n) is 2.29. The highest BCUT2D eigenvalue weighted by molar-refractivity contribution is 6.19. The molecule has 0 radical (unpaired) electrons. The fourth-order valence-electron chi connectivity index (χ4n) is 1.56. The molecule has 0 saturated carbocycles. The molecular weight excluding hydrogens is 240 g/mol. The second-order valence-electron chi connectivity index (χ2n) is 3.39. The summed E-state index contributed by atoms with van der Waals surface area (Å²) in [6.07, 6.45) is -0.327. The fraction of sp³-hybridized carbons (Fsp3) is 0.385. The van der Waals surface area contributed by atoms with Gasteiger partial charge in [0.2, 0.25) is 0 Å². The Balaban J connectivity index is 2.04. The first kappa shape index (κ1) is 12.3. The van der Waals surface area contributed by atoms with Crippen LogP contribution in [0.3, 0.4) is 0 Å². The van der Waals surface area contributed by atoms with Gasteiger partial charge in [0.05, 0.1) is 19.1 Å². The molecule has 0 unspecified atom stereocenters. The standard InChI is InChI=1S/C13H13ClO3/c14-7-3-4-8-15-12-6-2-1-5-11(12)13-16-9-10-17-13/h1-2,5-6,13H,7-10H2. The Bertz CT molecular complexity index is 416. The third kappa shape index (κ3) is 3.37. The topological polar surface area (TPSA) is 27.7 Å². The van der Waals surface area contributed by atoms with Crippen LogP contribution in [0.5, 0.6) is 5.75 Å². The van der Waals surface area contributed by atoms with E-state index in [-0.39, 0.29) is 6.29 Å². The normalized spacial score (nSPS) is 15.4. The lowest BCUT2D eigenvalue weighted by atomic mass is 10.2. The first-order chi connectivity index (χ1) is 8.42. The lowest BCUT2D eigenvalue weighted by Gasteiger charge is -2.13. The summed E-state index contributed by atoms with van der Waals surface area (Å²) in [6, 6.07) is 7.64. The molecule has 17 heavy (non-hydrogen) atoms. The van der Waals surface area contributed by atoms with Crippen LogP contribution in [0.4, 0.5) is 0 Å². The second-order valence-corrected chi connectivity index (χ2v) is 3.65. The molecule has 2 rings (SSSR count). The molecule has 0 spiro atoms. The van der Waals surface area contributed by atoms with Crippen LogP contribution in [-0.2, 0) is 9.47 Å². The van der Waals surface area contributed by atoms with Crippen LogP contribution in [0.25, 0.3) is 0 Å². The van der Waals surface area contributed by atoms with Crippen LogP contribution in [0.1, 0.15) is 11.9 Å². The molecule has 0 amide bonds. The first-order valence-corrected chi connectivity index (χ1v) is 5.92. The SMILES string of the molecule is ClCC#CCOc1ccccc1C1OCCO1. The number of hydrogen-bond acceptors (Lipinski definition) is 3. The van der Waals surface area contributed by atoms with Crippen LogP contribution in [0.2, 0.25) is 0 Å². The van der Waals surface area contributed by atoms with Gasteiger partial charge < -0.3 is 14.2 Å². The van der Waals surface area contributed by atoms with Crippen molar-refractivity contribution in [3.8, 4) is 17.6 Å². The minimum Gasteiger partial charge on any atom is -0.480 e. The zero-order valence-electron chi connectivity index (χ0n) is 9.32. The van der Waals surface area contributed by atoms with E-state index in [0.29, 0.717) is 25.7 Å². The molecule has 1 heterocycles. The number of ether oxygens (including phenoxy) is 3. The Kier molecular flexibility index (Phi) is 4.69. The van der Waals surface area contributed by atoms with Gasteiger partial charge in [-0.05, 0) is 6.07 Å². The largest absolute Gasteiger partial charge is 0.480 e. The molecule has 0 bridgehead atoms. The van der Waals surface area contributed by atoms with Gasteiger partial charge in [0.25, 0.3) is 0 Å². The van der Waals surface area contributed by atoms with Crippen molar-refractivity contribution < 1.29 is 14.2 Å². The van der Waals surface area contributed by atoms with Crippen molar-refractivity contribution in [3.05, 3.63) is 29.8 Å². The molecule has 90 valence electrons. The Morgan fingerprint density at radius 1 is 1.24 bits per heavy atom. The summed E-state index contributed by atoms with van der Waals surface area (Å²) in [5.41, 5.74) is 0.901. The van der Waals surface area contributed by atoms with Crippen molar-refractivity contribution in [2.24, 2.45) is 0 Å². The first-order valence-electron chi connectivity index (χ1n) is 5.38. The molecule has 0 aliphatic carbocycles. The minimum atomic E-state index is -0.327. The van der Waals surface area contributed by atoms with Crippen LogP contribution >= 0.6 is 11.6 Å². The van der Waals surface area contributed by atoms with E-state index in [4.69, 9.17) is 25.8 Å². The molecule has 1 aliphatic heterocycles. The van der Waals surface area contributed by atoms with Crippen molar-refractivity contribution in [1.29, 1.82) is 0 Å². The summed E-state index contributed by atoms with van der Waals surface area (Å²) < 4.78 is 16.5. The van der Waals surface area contributed by atoms with Crippen molar-refractivity contribution >= 4 is 11.6 Å². The van der Waals surface area contributed by atoms with Crippen LogP contribution < -0.4 is 4.74 Å². The third-order valence-corrected chi connectivity index (χ3v) is 2.42. The minimum absolute atomic E-state index is 0.316. The van der Waals surface area contributed by atoms with Gasteiger partial charge >= 0.3 is 0 Å². The smallest absolute Gasteiger partial charge is 0.187 e. The van der Waals surface area contributed by atoms with E-state index in [1.54, 1.807) is 0 Å². The molecule has 0 aromatic heterocycles. The Hall–Kier alpha value is -1.21. The van der Waals surface area contributed by atoms with Gasteiger partial charge in [0.1, 0.15) is 12.4 Å². The van der Waals surface area contributed by atoms with Gasteiger partial charge in [-0.1, -0.05) is 30.0 Å². The summed E-state index contributed by atoms with van der Waals surface area (Å²) >= 11 is 5.45. The van der Waals surface area contributed by atoms with Crippen molar-refractivity contribution in [2.75, 3.05) is 25.7 Å².